The van der Waals surface area contributed by atoms with Crippen molar-refractivity contribution in [1.82, 2.24) is 10.2 Å². The van der Waals surface area contributed by atoms with Gasteiger partial charge in [-0.1, -0.05) is 6.92 Å². The van der Waals surface area contributed by atoms with Crippen LogP contribution in [-0.4, -0.2) is 62.6 Å². The number of nitrogens with one attached hydrogen (secondary N) is 1. The number of rotatable bonds is 8. The zero-order valence-electron chi connectivity index (χ0n) is 12.2. The molecular weight excluding hydrogens is 228 g/mol. The minimum atomic E-state index is -0.209. The van der Waals surface area contributed by atoms with Gasteiger partial charge < -0.3 is 20.1 Å². The third-order valence-corrected chi connectivity index (χ3v) is 3.69. The van der Waals surface area contributed by atoms with Gasteiger partial charge in [-0.2, -0.15) is 0 Å². The summed E-state index contributed by atoms with van der Waals surface area (Å²) >= 11 is 0. The third kappa shape index (κ3) is 5.65. The second kappa shape index (κ2) is 8.10. The summed E-state index contributed by atoms with van der Waals surface area (Å²) in [6.45, 7) is 9.81. The Hall–Kier alpha value is -0.160. The average molecular weight is 258 g/mol. The Morgan fingerprint density at radius 3 is 2.83 bits per heavy atom. The van der Waals surface area contributed by atoms with Gasteiger partial charge in [0.15, 0.2) is 0 Å². The maximum atomic E-state index is 9.35. The van der Waals surface area contributed by atoms with Gasteiger partial charge in [-0.05, 0) is 39.8 Å². The minimum absolute atomic E-state index is 0.209. The van der Waals surface area contributed by atoms with Gasteiger partial charge in [0.2, 0.25) is 0 Å². The molecule has 1 heterocycles. The molecule has 1 fully saturated rings. The summed E-state index contributed by atoms with van der Waals surface area (Å²) in [5.41, 5.74) is 0.252. The second-order valence-corrected chi connectivity index (χ2v) is 5.81. The Kier molecular flexibility index (Phi) is 7.15. The number of hydrogen-bond acceptors (Lipinski definition) is 4. The van der Waals surface area contributed by atoms with Crippen LogP contribution in [-0.2, 0) is 4.74 Å². The Bertz CT molecular complexity index is 216. The predicted molar refractivity (Wildman–Crippen MR) is 74.8 cm³/mol. The highest BCUT2D eigenvalue weighted by Gasteiger charge is 2.33. The Morgan fingerprint density at radius 2 is 2.28 bits per heavy atom. The maximum Gasteiger partial charge on any atom is 0.0546 e. The standard InChI is InChI=1S/C14H30N2O2/c1-4-15-10-14(7-5-9-18-12-14)11-16(3)8-6-13(2)17/h13,15,17H,4-12H2,1-3H3. The first-order valence-electron chi connectivity index (χ1n) is 7.23. The van der Waals surface area contributed by atoms with Crippen molar-refractivity contribution in [3.63, 3.8) is 0 Å². The first-order valence-corrected chi connectivity index (χ1v) is 7.23. The minimum Gasteiger partial charge on any atom is -0.393 e. The van der Waals surface area contributed by atoms with Crippen molar-refractivity contribution < 1.29 is 9.84 Å². The molecule has 0 aliphatic carbocycles. The van der Waals surface area contributed by atoms with Crippen molar-refractivity contribution in [1.29, 1.82) is 0 Å². The lowest BCUT2D eigenvalue weighted by molar-refractivity contribution is -0.0235. The van der Waals surface area contributed by atoms with E-state index in [1.807, 2.05) is 6.92 Å². The van der Waals surface area contributed by atoms with Crippen LogP contribution < -0.4 is 5.32 Å². The van der Waals surface area contributed by atoms with Gasteiger partial charge in [0.05, 0.1) is 12.7 Å². The summed E-state index contributed by atoms with van der Waals surface area (Å²) < 4.78 is 5.69. The molecule has 4 nitrogen and oxygen atoms in total. The fraction of sp³-hybridized carbons (Fsp3) is 1.00. The molecule has 1 rings (SSSR count). The largest absolute Gasteiger partial charge is 0.393 e. The summed E-state index contributed by atoms with van der Waals surface area (Å²) in [4.78, 5) is 2.33. The molecule has 108 valence electrons. The SMILES string of the molecule is CCNCC1(CN(C)CCC(C)O)CCCOC1. The second-order valence-electron chi connectivity index (χ2n) is 5.81. The lowest BCUT2D eigenvalue weighted by atomic mass is 9.81. The topological polar surface area (TPSA) is 44.7 Å². The lowest BCUT2D eigenvalue weighted by Gasteiger charge is -2.40. The molecule has 0 radical (unpaired) electrons. The molecule has 1 aliphatic rings. The van der Waals surface area contributed by atoms with E-state index in [-0.39, 0.29) is 11.5 Å². The zero-order chi connectivity index (χ0) is 13.4. The molecular formula is C14H30N2O2. The Labute approximate surface area is 112 Å². The Balaban J connectivity index is 2.44. The summed E-state index contributed by atoms with van der Waals surface area (Å²) in [6.07, 6.45) is 3.03. The van der Waals surface area contributed by atoms with Crippen LogP contribution in [0, 0.1) is 5.41 Å². The van der Waals surface area contributed by atoms with E-state index in [1.165, 1.54) is 6.42 Å². The highest BCUT2D eigenvalue weighted by atomic mass is 16.5. The van der Waals surface area contributed by atoms with Crippen LogP contribution in [0.2, 0.25) is 0 Å². The Morgan fingerprint density at radius 1 is 1.50 bits per heavy atom. The first-order chi connectivity index (χ1) is 8.58. The van der Waals surface area contributed by atoms with E-state index in [4.69, 9.17) is 4.74 Å². The predicted octanol–water partition coefficient (Wildman–Crippen LogP) is 1.10. The highest BCUT2D eigenvalue weighted by Crippen LogP contribution is 2.28. The van der Waals surface area contributed by atoms with Crippen LogP contribution >= 0.6 is 0 Å². The molecule has 4 heteroatoms. The third-order valence-electron chi connectivity index (χ3n) is 3.69. The molecule has 1 saturated heterocycles. The van der Waals surface area contributed by atoms with Crippen LogP contribution in [0.15, 0.2) is 0 Å². The lowest BCUT2D eigenvalue weighted by Crippen LogP contribution is -2.48. The first kappa shape index (κ1) is 15.9. The fourth-order valence-corrected chi connectivity index (χ4v) is 2.68. The van der Waals surface area contributed by atoms with Crippen LogP contribution in [0.1, 0.15) is 33.1 Å². The van der Waals surface area contributed by atoms with Crippen molar-refractivity contribution in [2.45, 2.75) is 39.2 Å². The molecule has 0 aromatic heterocycles. The van der Waals surface area contributed by atoms with Gasteiger partial charge in [0, 0.05) is 31.7 Å². The van der Waals surface area contributed by atoms with Gasteiger partial charge >= 0.3 is 0 Å². The number of aliphatic hydroxyl groups excluding tert-OH is 1. The molecule has 0 aromatic rings. The molecule has 0 aromatic carbocycles. The molecule has 2 atom stereocenters. The highest BCUT2D eigenvalue weighted by molar-refractivity contribution is 4.86. The van der Waals surface area contributed by atoms with Gasteiger partial charge in [-0.25, -0.2) is 0 Å². The molecule has 1 aliphatic heterocycles. The maximum absolute atomic E-state index is 9.35. The van der Waals surface area contributed by atoms with Crippen molar-refractivity contribution in [3.8, 4) is 0 Å². The molecule has 0 bridgehead atoms. The van der Waals surface area contributed by atoms with Crippen LogP contribution in [0.5, 0.6) is 0 Å². The molecule has 18 heavy (non-hydrogen) atoms. The number of aliphatic hydroxyl groups is 1. The van der Waals surface area contributed by atoms with Gasteiger partial charge in [0.25, 0.3) is 0 Å². The van der Waals surface area contributed by atoms with E-state index in [0.717, 1.165) is 52.2 Å². The zero-order valence-corrected chi connectivity index (χ0v) is 12.2. The molecule has 0 amide bonds. The van der Waals surface area contributed by atoms with E-state index < -0.39 is 0 Å². The normalized spacial score (nSPS) is 26.5. The quantitative estimate of drug-likeness (QED) is 0.684. The average Bonchev–Trinajstić information content (AvgIpc) is 2.35. The molecule has 0 saturated carbocycles. The summed E-state index contributed by atoms with van der Waals surface area (Å²) in [6, 6.07) is 0. The van der Waals surface area contributed by atoms with Gasteiger partial charge in [-0.3, -0.25) is 0 Å². The van der Waals surface area contributed by atoms with E-state index in [1.54, 1.807) is 0 Å². The number of hydrogen-bond donors (Lipinski definition) is 2. The summed E-state index contributed by atoms with van der Waals surface area (Å²) in [5, 5.41) is 12.8. The van der Waals surface area contributed by atoms with Crippen molar-refractivity contribution >= 4 is 0 Å². The van der Waals surface area contributed by atoms with Crippen molar-refractivity contribution in [2.75, 3.05) is 46.4 Å². The van der Waals surface area contributed by atoms with Gasteiger partial charge in [-0.15, -0.1) is 0 Å². The fourth-order valence-electron chi connectivity index (χ4n) is 2.68. The van der Waals surface area contributed by atoms with E-state index in [9.17, 15) is 5.11 Å². The van der Waals surface area contributed by atoms with Crippen molar-refractivity contribution in [2.24, 2.45) is 5.41 Å². The van der Waals surface area contributed by atoms with Crippen LogP contribution in [0.4, 0.5) is 0 Å². The van der Waals surface area contributed by atoms with E-state index in [2.05, 4.69) is 24.2 Å². The van der Waals surface area contributed by atoms with Crippen molar-refractivity contribution in [3.05, 3.63) is 0 Å². The number of nitrogens with zero attached hydrogens (tertiary/aromatic N) is 1. The monoisotopic (exact) mass is 258 g/mol. The van der Waals surface area contributed by atoms with Gasteiger partial charge in [0.1, 0.15) is 0 Å². The van der Waals surface area contributed by atoms with E-state index >= 15 is 0 Å². The smallest absolute Gasteiger partial charge is 0.0546 e. The van der Waals surface area contributed by atoms with E-state index in [0.29, 0.717) is 0 Å². The van der Waals surface area contributed by atoms with Crippen LogP contribution in [0.3, 0.4) is 0 Å². The molecule has 2 unspecified atom stereocenters. The summed E-state index contributed by atoms with van der Waals surface area (Å²) in [7, 11) is 2.14. The molecule has 2 N–H and O–H groups in total. The summed E-state index contributed by atoms with van der Waals surface area (Å²) in [5.74, 6) is 0. The van der Waals surface area contributed by atoms with Crippen LogP contribution in [0.25, 0.3) is 0 Å². The molecule has 0 spiro atoms. The number of ether oxygens (including phenoxy) is 1.